The van der Waals surface area contributed by atoms with Crippen LogP contribution in [0.2, 0.25) is 0 Å². The molecule has 0 aromatic heterocycles. The second-order valence-corrected chi connectivity index (χ2v) is 3.89. The van der Waals surface area contributed by atoms with Gasteiger partial charge < -0.3 is 10.6 Å². The van der Waals surface area contributed by atoms with Crippen molar-refractivity contribution in [2.24, 2.45) is 5.92 Å². The van der Waals surface area contributed by atoms with Crippen molar-refractivity contribution in [2.75, 3.05) is 13.1 Å². The van der Waals surface area contributed by atoms with E-state index in [1.54, 1.807) is 0 Å². The molecule has 76 valence electrons. The smallest absolute Gasteiger partial charge is 0.223 e. The van der Waals surface area contributed by atoms with Crippen molar-refractivity contribution >= 4 is 5.91 Å². The van der Waals surface area contributed by atoms with Crippen LogP contribution >= 0.6 is 0 Å². The number of amides is 1. The standard InChI is InChI=1S/C10H20N2O/c1-3-4-8(2)10(13)12-9-5-6-11-7-9/h8-9,11H,3-7H2,1-2H3,(H,12,13)/t8?,9-/m1/s1. The highest BCUT2D eigenvalue weighted by Crippen LogP contribution is 2.06. The number of hydrogen-bond acceptors (Lipinski definition) is 2. The lowest BCUT2D eigenvalue weighted by molar-refractivity contribution is -0.125. The van der Waals surface area contributed by atoms with Crippen LogP contribution in [-0.4, -0.2) is 25.0 Å². The van der Waals surface area contributed by atoms with Crippen LogP contribution < -0.4 is 10.6 Å². The van der Waals surface area contributed by atoms with Crippen molar-refractivity contribution in [2.45, 2.75) is 39.2 Å². The van der Waals surface area contributed by atoms with E-state index in [4.69, 9.17) is 0 Å². The SMILES string of the molecule is CCCC(C)C(=O)N[C@@H]1CCNC1. The van der Waals surface area contributed by atoms with Gasteiger partial charge in [-0.1, -0.05) is 20.3 Å². The molecule has 0 radical (unpaired) electrons. The number of carbonyl (C=O) groups excluding carboxylic acids is 1. The van der Waals surface area contributed by atoms with Gasteiger partial charge in [0, 0.05) is 18.5 Å². The Bertz CT molecular complexity index is 164. The van der Waals surface area contributed by atoms with Crippen LogP contribution in [0.5, 0.6) is 0 Å². The third-order valence-electron chi connectivity index (χ3n) is 2.58. The van der Waals surface area contributed by atoms with E-state index in [0.717, 1.165) is 32.4 Å². The van der Waals surface area contributed by atoms with Gasteiger partial charge in [0.2, 0.25) is 5.91 Å². The molecule has 0 spiro atoms. The maximum atomic E-state index is 11.6. The maximum absolute atomic E-state index is 11.6. The van der Waals surface area contributed by atoms with Gasteiger partial charge in [0.15, 0.2) is 0 Å². The fraction of sp³-hybridized carbons (Fsp3) is 0.900. The summed E-state index contributed by atoms with van der Waals surface area (Å²) in [5.41, 5.74) is 0. The fourth-order valence-corrected chi connectivity index (χ4v) is 1.69. The predicted octanol–water partition coefficient (Wildman–Crippen LogP) is 0.901. The van der Waals surface area contributed by atoms with E-state index in [2.05, 4.69) is 17.6 Å². The molecule has 1 aliphatic heterocycles. The summed E-state index contributed by atoms with van der Waals surface area (Å²) in [7, 11) is 0. The minimum atomic E-state index is 0.172. The van der Waals surface area contributed by atoms with Crippen LogP contribution in [0, 0.1) is 5.92 Å². The fourth-order valence-electron chi connectivity index (χ4n) is 1.69. The Kier molecular flexibility index (Phi) is 4.22. The molecular weight excluding hydrogens is 164 g/mol. The average Bonchev–Trinajstić information content (AvgIpc) is 2.57. The molecule has 0 aliphatic carbocycles. The summed E-state index contributed by atoms with van der Waals surface area (Å²) >= 11 is 0. The highest BCUT2D eigenvalue weighted by Gasteiger charge is 2.19. The first-order valence-electron chi connectivity index (χ1n) is 5.25. The summed E-state index contributed by atoms with van der Waals surface area (Å²) in [6.07, 6.45) is 3.15. The molecule has 2 N–H and O–H groups in total. The topological polar surface area (TPSA) is 41.1 Å². The van der Waals surface area contributed by atoms with Gasteiger partial charge in [0.1, 0.15) is 0 Å². The highest BCUT2D eigenvalue weighted by molar-refractivity contribution is 5.78. The van der Waals surface area contributed by atoms with Crippen molar-refractivity contribution in [1.29, 1.82) is 0 Å². The van der Waals surface area contributed by atoms with Gasteiger partial charge in [-0.15, -0.1) is 0 Å². The monoisotopic (exact) mass is 184 g/mol. The normalized spacial score (nSPS) is 24.3. The molecule has 1 heterocycles. The summed E-state index contributed by atoms with van der Waals surface area (Å²) in [6, 6.07) is 0.367. The van der Waals surface area contributed by atoms with Gasteiger partial charge in [-0.25, -0.2) is 0 Å². The molecule has 1 aliphatic rings. The van der Waals surface area contributed by atoms with E-state index in [1.165, 1.54) is 0 Å². The van der Waals surface area contributed by atoms with Gasteiger partial charge in [-0.2, -0.15) is 0 Å². The Morgan fingerprint density at radius 2 is 2.46 bits per heavy atom. The molecule has 0 bridgehead atoms. The van der Waals surface area contributed by atoms with E-state index < -0.39 is 0 Å². The predicted molar refractivity (Wildman–Crippen MR) is 53.5 cm³/mol. The second kappa shape index (κ2) is 5.22. The third-order valence-corrected chi connectivity index (χ3v) is 2.58. The zero-order valence-electron chi connectivity index (χ0n) is 8.60. The van der Waals surface area contributed by atoms with Crippen molar-refractivity contribution in [3.8, 4) is 0 Å². The molecule has 1 amide bonds. The number of nitrogens with one attached hydrogen (secondary N) is 2. The average molecular weight is 184 g/mol. The summed E-state index contributed by atoms with van der Waals surface area (Å²) in [5.74, 6) is 0.390. The Morgan fingerprint density at radius 1 is 1.69 bits per heavy atom. The lowest BCUT2D eigenvalue weighted by atomic mass is 10.0. The Hall–Kier alpha value is -0.570. The Labute approximate surface area is 80.3 Å². The molecular formula is C10H20N2O. The molecule has 0 aromatic carbocycles. The van der Waals surface area contributed by atoms with Crippen molar-refractivity contribution in [1.82, 2.24) is 10.6 Å². The van der Waals surface area contributed by atoms with Gasteiger partial charge in [0.25, 0.3) is 0 Å². The van der Waals surface area contributed by atoms with Crippen LogP contribution in [0.3, 0.4) is 0 Å². The molecule has 1 saturated heterocycles. The highest BCUT2D eigenvalue weighted by atomic mass is 16.1. The van der Waals surface area contributed by atoms with E-state index >= 15 is 0 Å². The lowest BCUT2D eigenvalue weighted by Crippen LogP contribution is -2.39. The summed E-state index contributed by atoms with van der Waals surface area (Å²) in [6.45, 7) is 6.08. The lowest BCUT2D eigenvalue weighted by Gasteiger charge is -2.15. The van der Waals surface area contributed by atoms with E-state index in [9.17, 15) is 4.79 Å². The molecule has 1 rings (SSSR count). The quantitative estimate of drug-likeness (QED) is 0.681. The molecule has 0 saturated carbocycles. The Balaban J connectivity index is 2.22. The number of carbonyl (C=O) groups is 1. The second-order valence-electron chi connectivity index (χ2n) is 3.89. The first-order chi connectivity index (χ1) is 6.24. The first-order valence-corrected chi connectivity index (χ1v) is 5.25. The van der Waals surface area contributed by atoms with E-state index in [1.807, 2.05) is 6.92 Å². The molecule has 0 aromatic rings. The zero-order chi connectivity index (χ0) is 9.68. The van der Waals surface area contributed by atoms with Crippen LogP contribution in [0.25, 0.3) is 0 Å². The van der Waals surface area contributed by atoms with Gasteiger partial charge in [0.05, 0.1) is 0 Å². The van der Waals surface area contributed by atoms with Crippen LogP contribution in [-0.2, 0) is 4.79 Å². The van der Waals surface area contributed by atoms with Crippen LogP contribution in [0.4, 0.5) is 0 Å². The van der Waals surface area contributed by atoms with E-state index in [0.29, 0.717) is 6.04 Å². The van der Waals surface area contributed by atoms with Crippen molar-refractivity contribution < 1.29 is 4.79 Å². The summed E-state index contributed by atoms with van der Waals surface area (Å²) < 4.78 is 0. The maximum Gasteiger partial charge on any atom is 0.223 e. The molecule has 2 atom stereocenters. The molecule has 3 nitrogen and oxygen atoms in total. The minimum Gasteiger partial charge on any atom is -0.352 e. The Morgan fingerprint density at radius 3 is 3.00 bits per heavy atom. The van der Waals surface area contributed by atoms with Gasteiger partial charge in [-0.05, 0) is 19.4 Å². The number of hydrogen-bond donors (Lipinski definition) is 2. The van der Waals surface area contributed by atoms with Crippen LogP contribution in [0.1, 0.15) is 33.1 Å². The largest absolute Gasteiger partial charge is 0.352 e. The number of rotatable bonds is 4. The van der Waals surface area contributed by atoms with Crippen molar-refractivity contribution in [3.63, 3.8) is 0 Å². The van der Waals surface area contributed by atoms with Crippen molar-refractivity contribution in [3.05, 3.63) is 0 Å². The molecule has 1 fully saturated rings. The summed E-state index contributed by atoms with van der Waals surface area (Å²) in [4.78, 5) is 11.6. The summed E-state index contributed by atoms with van der Waals surface area (Å²) in [5, 5.41) is 6.30. The van der Waals surface area contributed by atoms with Gasteiger partial charge >= 0.3 is 0 Å². The van der Waals surface area contributed by atoms with Gasteiger partial charge in [-0.3, -0.25) is 4.79 Å². The minimum absolute atomic E-state index is 0.172. The molecule has 3 heteroatoms. The molecule has 13 heavy (non-hydrogen) atoms. The van der Waals surface area contributed by atoms with E-state index in [-0.39, 0.29) is 11.8 Å². The third kappa shape index (κ3) is 3.35. The van der Waals surface area contributed by atoms with Crippen LogP contribution in [0.15, 0.2) is 0 Å². The molecule has 1 unspecified atom stereocenters. The zero-order valence-corrected chi connectivity index (χ0v) is 8.60. The first kappa shape index (κ1) is 10.5.